The summed E-state index contributed by atoms with van der Waals surface area (Å²) in [7, 11) is 0. The van der Waals surface area contributed by atoms with Crippen LogP contribution in [0, 0.1) is 15.9 Å². The summed E-state index contributed by atoms with van der Waals surface area (Å²) in [6.07, 6.45) is 0. The summed E-state index contributed by atoms with van der Waals surface area (Å²) in [5.41, 5.74) is 0.333. The third-order valence-corrected chi connectivity index (χ3v) is 3.21. The zero-order valence-corrected chi connectivity index (χ0v) is 11.8. The Morgan fingerprint density at radius 1 is 1.33 bits per heavy atom. The predicted molar refractivity (Wildman–Crippen MR) is 78.2 cm³/mol. The largest absolute Gasteiger partial charge is 0.508 e. The topological polar surface area (TPSA) is 75.4 Å². The zero-order chi connectivity index (χ0) is 15.6. The highest BCUT2D eigenvalue weighted by Gasteiger charge is 2.18. The molecule has 0 spiro atoms. The Kier molecular flexibility index (Phi) is 4.28. The summed E-state index contributed by atoms with van der Waals surface area (Å²) >= 11 is 5.83. The van der Waals surface area contributed by atoms with E-state index in [4.69, 9.17) is 11.6 Å². The molecular weight excluding hydrogens is 299 g/mol. The summed E-state index contributed by atoms with van der Waals surface area (Å²) in [6, 6.07) is 7.32. The fourth-order valence-electron chi connectivity index (χ4n) is 1.96. The number of hydrogen-bond donors (Lipinski definition) is 2. The molecule has 0 aromatic heterocycles. The zero-order valence-electron chi connectivity index (χ0n) is 11.0. The van der Waals surface area contributed by atoms with Gasteiger partial charge in [0.2, 0.25) is 0 Å². The molecule has 0 aliphatic rings. The van der Waals surface area contributed by atoms with Gasteiger partial charge in [-0.15, -0.1) is 0 Å². The highest BCUT2D eigenvalue weighted by atomic mass is 35.5. The Hall–Kier alpha value is -2.34. The van der Waals surface area contributed by atoms with Gasteiger partial charge in [0, 0.05) is 22.7 Å². The third-order valence-electron chi connectivity index (χ3n) is 2.98. The van der Waals surface area contributed by atoms with Crippen LogP contribution in [0.15, 0.2) is 36.4 Å². The Morgan fingerprint density at radius 2 is 2.05 bits per heavy atom. The third kappa shape index (κ3) is 3.41. The fraction of sp³-hybridized carbons (Fsp3) is 0.143. The second-order valence-corrected chi connectivity index (χ2v) is 4.93. The average molecular weight is 311 g/mol. The van der Waals surface area contributed by atoms with Gasteiger partial charge < -0.3 is 10.4 Å². The molecule has 2 N–H and O–H groups in total. The van der Waals surface area contributed by atoms with Gasteiger partial charge in [0.05, 0.1) is 11.0 Å². The molecule has 0 radical (unpaired) electrons. The standard InChI is InChI=1S/C14H12ClFN2O3/c1-8(11-4-3-10(19)7-12(11)16)17-13-6-9(15)2-5-14(13)18(20)21/h2-8,17,19H,1H3. The first kappa shape index (κ1) is 15.1. The van der Waals surface area contributed by atoms with Crippen molar-refractivity contribution < 1.29 is 14.4 Å². The normalized spacial score (nSPS) is 12.0. The number of halogens is 2. The van der Waals surface area contributed by atoms with E-state index in [0.717, 1.165) is 6.07 Å². The molecule has 5 nitrogen and oxygen atoms in total. The Labute approximate surface area is 125 Å². The number of benzene rings is 2. The first-order valence-corrected chi connectivity index (χ1v) is 6.45. The number of aromatic hydroxyl groups is 1. The molecular formula is C14H12ClFN2O3. The molecule has 110 valence electrons. The van der Waals surface area contributed by atoms with Gasteiger partial charge in [0.15, 0.2) is 0 Å². The van der Waals surface area contributed by atoms with E-state index in [0.29, 0.717) is 5.02 Å². The summed E-state index contributed by atoms with van der Waals surface area (Å²) in [4.78, 5) is 10.4. The van der Waals surface area contributed by atoms with Crippen LogP contribution < -0.4 is 5.32 Å². The number of nitrogens with zero attached hydrogens (tertiary/aromatic N) is 1. The molecule has 1 atom stereocenters. The first-order valence-electron chi connectivity index (χ1n) is 6.07. The summed E-state index contributed by atoms with van der Waals surface area (Å²) < 4.78 is 13.8. The maximum atomic E-state index is 13.8. The van der Waals surface area contributed by atoms with E-state index in [2.05, 4.69) is 5.32 Å². The number of nitro groups is 1. The molecule has 21 heavy (non-hydrogen) atoms. The highest BCUT2D eigenvalue weighted by molar-refractivity contribution is 6.31. The van der Waals surface area contributed by atoms with E-state index in [-0.39, 0.29) is 22.7 Å². The van der Waals surface area contributed by atoms with Gasteiger partial charge in [-0.05, 0) is 25.1 Å². The van der Waals surface area contributed by atoms with E-state index in [9.17, 15) is 19.6 Å². The van der Waals surface area contributed by atoms with Crippen LogP contribution in [-0.2, 0) is 0 Å². The van der Waals surface area contributed by atoms with Crippen LogP contribution in [-0.4, -0.2) is 10.0 Å². The van der Waals surface area contributed by atoms with E-state index in [1.807, 2.05) is 0 Å². The molecule has 0 bridgehead atoms. The van der Waals surface area contributed by atoms with E-state index >= 15 is 0 Å². The van der Waals surface area contributed by atoms with Gasteiger partial charge in [-0.1, -0.05) is 17.7 Å². The van der Waals surface area contributed by atoms with Gasteiger partial charge in [0.1, 0.15) is 17.3 Å². The lowest BCUT2D eigenvalue weighted by Crippen LogP contribution is -2.10. The van der Waals surface area contributed by atoms with Crippen molar-refractivity contribution in [3.8, 4) is 5.75 Å². The quantitative estimate of drug-likeness (QED) is 0.653. The van der Waals surface area contributed by atoms with E-state index in [1.165, 1.54) is 30.3 Å². The summed E-state index contributed by atoms with van der Waals surface area (Å²) in [5.74, 6) is -0.781. The van der Waals surface area contributed by atoms with Crippen molar-refractivity contribution in [3.05, 3.63) is 62.9 Å². The molecule has 0 saturated heterocycles. The number of rotatable bonds is 4. The molecule has 1 unspecified atom stereocenters. The van der Waals surface area contributed by atoms with Crippen molar-refractivity contribution in [2.75, 3.05) is 5.32 Å². The maximum absolute atomic E-state index is 13.8. The van der Waals surface area contributed by atoms with Gasteiger partial charge in [-0.2, -0.15) is 0 Å². The first-order chi connectivity index (χ1) is 9.88. The predicted octanol–water partition coefficient (Wildman–Crippen LogP) is 4.27. The Balaban J connectivity index is 2.33. The number of hydrogen-bond acceptors (Lipinski definition) is 4. The van der Waals surface area contributed by atoms with Gasteiger partial charge in [0.25, 0.3) is 5.69 Å². The van der Waals surface area contributed by atoms with Crippen LogP contribution in [0.2, 0.25) is 5.02 Å². The lowest BCUT2D eigenvalue weighted by molar-refractivity contribution is -0.384. The molecule has 0 aliphatic heterocycles. The minimum Gasteiger partial charge on any atom is -0.508 e. The van der Waals surface area contributed by atoms with Crippen LogP contribution in [0.5, 0.6) is 5.75 Å². The van der Waals surface area contributed by atoms with Gasteiger partial charge >= 0.3 is 0 Å². The van der Waals surface area contributed by atoms with Crippen LogP contribution in [0.1, 0.15) is 18.5 Å². The van der Waals surface area contributed by atoms with Crippen LogP contribution in [0.4, 0.5) is 15.8 Å². The minimum absolute atomic E-state index is 0.148. The lowest BCUT2D eigenvalue weighted by atomic mass is 10.1. The lowest BCUT2D eigenvalue weighted by Gasteiger charge is -2.16. The van der Waals surface area contributed by atoms with Crippen molar-refractivity contribution in [1.29, 1.82) is 0 Å². The number of nitrogens with one attached hydrogen (secondary N) is 1. The fourth-order valence-corrected chi connectivity index (χ4v) is 2.13. The smallest absolute Gasteiger partial charge is 0.292 e. The molecule has 2 rings (SSSR count). The number of anilines is 1. The molecule has 2 aromatic carbocycles. The monoisotopic (exact) mass is 310 g/mol. The van der Waals surface area contributed by atoms with Crippen molar-refractivity contribution in [2.45, 2.75) is 13.0 Å². The second kappa shape index (κ2) is 5.97. The SMILES string of the molecule is CC(Nc1cc(Cl)ccc1[N+](=O)[O-])c1ccc(O)cc1F. The number of phenols is 1. The molecule has 0 heterocycles. The molecule has 0 fully saturated rings. The van der Waals surface area contributed by atoms with Crippen LogP contribution in [0.25, 0.3) is 0 Å². The minimum atomic E-state index is -0.598. The highest BCUT2D eigenvalue weighted by Crippen LogP contribution is 2.31. The van der Waals surface area contributed by atoms with Crippen LogP contribution in [0.3, 0.4) is 0 Å². The van der Waals surface area contributed by atoms with Crippen molar-refractivity contribution in [2.24, 2.45) is 0 Å². The summed E-state index contributed by atoms with van der Waals surface area (Å²) in [6.45, 7) is 1.65. The van der Waals surface area contributed by atoms with Gasteiger partial charge in [-0.3, -0.25) is 10.1 Å². The number of phenolic OH excluding ortho intramolecular Hbond substituents is 1. The molecule has 0 amide bonds. The summed E-state index contributed by atoms with van der Waals surface area (Å²) in [5, 5.41) is 23.4. The van der Waals surface area contributed by atoms with Crippen molar-refractivity contribution >= 4 is 23.0 Å². The van der Waals surface area contributed by atoms with Gasteiger partial charge in [-0.25, -0.2) is 4.39 Å². The maximum Gasteiger partial charge on any atom is 0.292 e. The molecule has 7 heteroatoms. The van der Waals surface area contributed by atoms with E-state index in [1.54, 1.807) is 6.92 Å². The molecule has 2 aromatic rings. The van der Waals surface area contributed by atoms with Crippen LogP contribution >= 0.6 is 11.6 Å². The second-order valence-electron chi connectivity index (χ2n) is 4.49. The molecule has 0 aliphatic carbocycles. The Bertz CT molecular complexity index is 694. The van der Waals surface area contributed by atoms with Crippen molar-refractivity contribution in [1.82, 2.24) is 0 Å². The van der Waals surface area contributed by atoms with Crippen molar-refractivity contribution in [3.63, 3.8) is 0 Å². The molecule has 0 saturated carbocycles. The Morgan fingerprint density at radius 3 is 2.67 bits per heavy atom. The number of nitro benzene ring substituents is 1. The average Bonchev–Trinajstić information content (AvgIpc) is 2.37. The van der Waals surface area contributed by atoms with E-state index < -0.39 is 16.8 Å².